The highest BCUT2D eigenvalue weighted by atomic mass is 16.3. The Bertz CT molecular complexity index is 1050. The fourth-order valence-electron chi connectivity index (χ4n) is 2.93. The highest BCUT2D eigenvalue weighted by Crippen LogP contribution is 2.25. The third kappa shape index (κ3) is 2.82. The van der Waals surface area contributed by atoms with Gasteiger partial charge < -0.3 is 14.1 Å². The number of nitrogens with zero attached hydrogens (tertiary/aromatic N) is 3. The smallest absolute Gasteiger partial charge is 0.253 e. The SMILES string of the molecule is Cc1ccc(CNC(=O)c2cc(-c3ccn(C)n3)n3ccccc23)o1. The van der Waals surface area contributed by atoms with Crippen LogP contribution in [-0.2, 0) is 13.6 Å². The number of furan rings is 1. The van der Waals surface area contributed by atoms with Crippen LogP contribution in [0.15, 0.2) is 59.3 Å². The van der Waals surface area contributed by atoms with E-state index in [4.69, 9.17) is 4.42 Å². The van der Waals surface area contributed by atoms with Crippen molar-refractivity contribution < 1.29 is 9.21 Å². The zero-order valence-corrected chi connectivity index (χ0v) is 14.1. The quantitative estimate of drug-likeness (QED) is 0.623. The molecule has 0 aliphatic carbocycles. The summed E-state index contributed by atoms with van der Waals surface area (Å²) >= 11 is 0. The minimum Gasteiger partial charge on any atom is -0.465 e. The first-order valence-electron chi connectivity index (χ1n) is 8.05. The minimum atomic E-state index is -0.139. The maximum absolute atomic E-state index is 12.7. The summed E-state index contributed by atoms with van der Waals surface area (Å²) in [6, 6.07) is 13.3. The van der Waals surface area contributed by atoms with Crippen molar-refractivity contribution in [2.45, 2.75) is 13.5 Å². The standard InChI is InChI=1S/C19H18N4O2/c1-13-6-7-14(25-13)12-20-19(24)15-11-18(16-8-10-22(2)21-16)23-9-4-3-5-17(15)23/h3-11H,12H2,1-2H3,(H,20,24). The van der Waals surface area contributed by atoms with E-state index in [1.807, 2.05) is 73.2 Å². The lowest BCUT2D eigenvalue weighted by molar-refractivity contribution is 0.0949. The number of aromatic nitrogens is 3. The number of nitrogens with one attached hydrogen (secondary N) is 1. The third-order valence-electron chi connectivity index (χ3n) is 4.12. The molecule has 4 aromatic heterocycles. The summed E-state index contributed by atoms with van der Waals surface area (Å²) in [4.78, 5) is 12.7. The van der Waals surface area contributed by atoms with Gasteiger partial charge in [0.25, 0.3) is 5.91 Å². The number of carbonyl (C=O) groups is 1. The van der Waals surface area contributed by atoms with Crippen LogP contribution in [0.25, 0.3) is 16.9 Å². The van der Waals surface area contributed by atoms with E-state index in [2.05, 4.69) is 10.4 Å². The Morgan fingerprint density at radius 2 is 2.08 bits per heavy atom. The summed E-state index contributed by atoms with van der Waals surface area (Å²) in [5, 5.41) is 7.37. The molecule has 0 unspecified atom stereocenters. The molecule has 0 radical (unpaired) electrons. The molecule has 6 heteroatoms. The zero-order chi connectivity index (χ0) is 17.4. The van der Waals surface area contributed by atoms with Gasteiger partial charge in [-0.25, -0.2) is 0 Å². The van der Waals surface area contributed by atoms with Crippen molar-refractivity contribution in [3.05, 3.63) is 71.9 Å². The molecule has 1 N–H and O–H groups in total. The zero-order valence-electron chi connectivity index (χ0n) is 14.1. The summed E-state index contributed by atoms with van der Waals surface area (Å²) < 4.78 is 9.23. The Kier molecular flexibility index (Phi) is 3.65. The van der Waals surface area contributed by atoms with E-state index in [0.717, 1.165) is 28.4 Å². The fourth-order valence-corrected chi connectivity index (χ4v) is 2.93. The van der Waals surface area contributed by atoms with Crippen molar-refractivity contribution in [1.29, 1.82) is 0 Å². The molecule has 0 aliphatic heterocycles. The van der Waals surface area contributed by atoms with E-state index < -0.39 is 0 Å². The molecule has 0 saturated carbocycles. The Balaban J connectivity index is 1.68. The molecule has 4 aromatic rings. The van der Waals surface area contributed by atoms with E-state index in [-0.39, 0.29) is 5.91 Å². The normalized spacial score (nSPS) is 11.1. The van der Waals surface area contributed by atoms with Gasteiger partial charge in [0.1, 0.15) is 17.2 Å². The molecule has 0 spiro atoms. The highest BCUT2D eigenvalue weighted by molar-refractivity contribution is 6.02. The Labute approximate surface area is 144 Å². The number of amides is 1. The number of hydrogen-bond donors (Lipinski definition) is 1. The Hall–Kier alpha value is -3.28. The first-order valence-corrected chi connectivity index (χ1v) is 8.05. The van der Waals surface area contributed by atoms with Crippen LogP contribution in [0, 0.1) is 6.92 Å². The van der Waals surface area contributed by atoms with E-state index >= 15 is 0 Å². The largest absolute Gasteiger partial charge is 0.465 e. The molecule has 0 fully saturated rings. The van der Waals surface area contributed by atoms with Crippen molar-refractivity contribution in [2.24, 2.45) is 7.05 Å². The summed E-state index contributed by atoms with van der Waals surface area (Å²) in [6.07, 6.45) is 3.82. The average molecular weight is 334 g/mol. The number of pyridine rings is 1. The molecule has 126 valence electrons. The Morgan fingerprint density at radius 3 is 2.80 bits per heavy atom. The maximum atomic E-state index is 12.7. The van der Waals surface area contributed by atoms with Crippen LogP contribution in [0.3, 0.4) is 0 Å². The molecule has 4 rings (SSSR count). The summed E-state index contributed by atoms with van der Waals surface area (Å²) in [5.74, 6) is 1.43. The van der Waals surface area contributed by atoms with Crippen molar-refractivity contribution >= 4 is 11.4 Å². The van der Waals surface area contributed by atoms with Gasteiger partial charge in [0.15, 0.2) is 0 Å². The molecule has 0 aliphatic rings. The highest BCUT2D eigenvalue weighted by Gasteiger charge is 2.17. The van der Waals surface area contributed by atoms with Crippen LogP contribution in [0.2, 0.25) is 0 Å². The molecule has 6 nitrogen and oxygen atoms in total. The summed E-state index contributed by atoms with van der Waals surface area (Å²) in [7, 11) is 1.87. The van der Waals surface area contributed by atoms with Gasteiger partial charge in [-0.05, 0) is 43.3 Å². The van der Waals surface area contributed by atoms with Gasteiger partial charge in [-0.15, -0.1) is 0 Å². The minimum absolute atomic E-state index is 0.139. The molecular weight excluding hydrogens is 316 g/mol. The second-order valence-electron chi connectivity index (χ2n) is 5.97. The van der Waals surface area contributed by atoms with Gasteiger partial charge in [0, 0.05) is 19.4 Å². The number of fused-ring (bicyclic) bond motifs is 1. The first kappa shape index (κ1) is 15.3. The summed E-state index contributed by atoms with van der Waals surface area (Å²) in [6.45, 7) is 2.24. The maximum Gasteiger partial charge on any atom is 0.253 e. The monoisotopic (exact) mass is 334 g/mol. The van der Waals surface area contributed by atoms with Gasteiger partial charge >= 0.3 is 0 Å². The van der Waals surface area contributed by atoms with Gasteiger partial charge in [0.05, 0.1) is 23.3 Å². The van der Waals surface area contributed by atoms with Crippen molar-refractivity contribution in [2.75, 3.05) is 0 Å². The van der Waals surface area contributed by atoms with E-state index in [1.165, 1.54) is 0 Å². The molecule has 0 saturated heterocycles. The topological polar surface area (TPSA) is 64.5 Å². The predicted molar refractivity (Wildman–Crippen MR) is 94.2 cm³/mol. The second-order valence-corrected chi connectivity index (χ2v) is 5.97. The lowest BCUT2D eigenvalue weighted by Gasteiger charge is -2.02. The third-order valence-corrected chi connectivity index (χ3v) is 4.12. The number of hydrogen-bond acceptors (Lipinski definition) is 3. The van der Waals surface area contributed by atoms with Crippen LogP contribution in [0.1, 0.15) is 21.9 Å². The molecule has 0 atom stereocenters. The lowest BCUT2D eigenvalue weighted by Crippen LogP contribution is -2.22. The first-order chi connectivity index (χ1) is 12.1. The van der Waals surface area contributed by atoms with Crippen LogP contribution in [-0.4, -0.2) is 20.1 Å². The molecule has 0 aromatic carbocycles. The van der Waals surface area contributed by atoms with Crippen LogP contribution >= 0.6 is 0 Å². The van der Waals surface area contributed by atoms with E-state index in [1.54, 1.807) is 4.68 Å². The van der Waals surface area contributed by atoms with Crippen LogP contribution < -0.4 is 5.32 Å². The van der Waals surface area contributed by atoms with Gasteiger partial charge in [-0.2, -0.15) is 5.10 Å². The van der Waals surface area contributed by atoms with E-state index in [9.17, 15) is 4.79 Å². The van der Waals surface area contributed by atoms with Crippen molar-refractivity contribution in [3.63, 3.8) is 0 Å². The second kappa shape index (κ2) is 5.98. The molecular formula is C19H18N4O2. The van der Waals surface area contributed by atoms with Crippen LogP contribution in [0.5, 0.6) is 0 Å². The Morgan fingerprint density at radius 1 is 1.20 bits per heavy atom. The van der Waals surface area contributed by atoms with Crippen molar-refractivity contribution in [1.82, 2.24) is 19.5 Å². The number of carbonyl (C=O) groups excluding carboxylic acids is 1. The van der Waals surface area contributed by atoms with E-state index in [0.29, 0.717) is 12.1 Å². The number of rotatable bonds is 4. The van der Waals surface area contributed by atoms with Crippen LogP contribution in [0.4, 0.5) is 0 Å². The van der Waals surface area contributed by atoms with Gasteiger partial charge in [-0.1, -0.05) is 6.07 Å². The molecule has 25 heavy (non-hydrogen) atoms. The average Bonchev–Trinajstić information content (AvgIpc) is 3.31. The fraction of sp³-hybridized carbons (Fsp3) is 0.158. The van der Waals surface area contributed by atoms with Gasteiger partial charge in [0.2, 0.25) is 0 Å². The number of aryl methyl sites for hydroxylation is 2. The lowest BCUT2D eigenvalue weighted by atomic mass is 10.2. The predicted octanol–water partition coefficient (Wildman–Crippen LogP) is 3.17. The molecule has 4 heterocycles. The molecule has 0 bridgehead atoms. The van der Waals surface area contributed by atoms with Crippen molar-refractivity contribution in [3.8, 4) is 11.4 Å². The summed E-state index contributed by atoms with van der Waals surface area (Å²) in [5.41, 5.74) is 3.17. The molecule has 1 amide bonds. The van der Waals surface area contributed by atoms with Gasteiger partial charge in [-0.3, -0.25) is 9.48 Å².